The molecule has 0 saturated carbocycles. The Labute approximate surface area is 103 Å². The minimum absolute atomic E-state index is 0.122. The van der Waals surface area contributed by atoms with Crippen LogP contribution in [0.4, 0.5) is 5.69 Å². The minimum Gasteiger partial charge on any atom is -0.398 e. The number of hydrogen-bond acceptors (Lipinski definition) is 4. The van der Waals surface area contributed by atoms with E-state index >= 15 is 0 Å². The Hall–Kier alpha value is -1.46. The highest BCUT2D eigenvalue weighted by Crippen LogP contribution is 2.26. The molecule has 6 nitrogen and oxygen atoms in total. The number of rotatable bonds is 5. The van der Waals surface area contributed by atoms with Crippen LogP contribution in [0, 0.1) is 0 Å². The predicted molar refractivity (Wildman–Crippen MR) is 65.5 cm³/mol. The van der Waals surface area contributed by atoms with Crippen LogP contribution in [0.25, 0.3) is 10.4 Å². The molecule has 0 saturated heterocycles. The Kier molecular flexibility index (Phi) is 5.06. The summed E-state index contributed by atoms with van der Waals surface area (Å²) in [6.07, 6.45) is -1.92. The van der Waals surface area contributed by atoms with Crippen molar-refractivity contribution in [2.45, 2.75) is 18.6 Å². The van der Waals surface area contributed by atoms with Gasteiger partial charge in [0.05, 0.1) is 16.8 Å². The maximum atomic E-state index is 9.82. The van der Waals surface area contributed by atoms with Gasteiger partial charge in [-0.1, -0.05) is 22.8 Å². The van der Waals surface area contributed by atoms with Crippen LogP contribution < -0.4 is 5.73 Å². The molecule has 92 valence electrons. The van der Waals surface area contributed by atoms with Gasteiger partial charge in [-0.15, -0.1) is 0 Å². The zero-order valence-corrected chi connectivity index (χ0v) is 9.75. The van der Waals surface area contributed by atoms with Crippen LogP contribution in [0.1, 0.15) is 18.1 Å². The molecular formula is C10H13ClN4O2. The smallest absolute Gasteiger partial charge is 0.105 e. The minimum atomic E-state index is -1.08. The van der Waals surface area contributed by atoms with Crippen LogP contribution in [-0.4, -0.2) is 22.9 Å². The Balaban J connectivity index is 2.70. The number of anilines is 1. The number of aliphatic hydroxyl groups excluding tert-OH is 2. The molecule has 17 heavy (non-hydrogen) atoms. The SMILES string of the molecule is [N-]=[N+]=NCCC(O)C(O)c1ccc(N)c(Cl)c1. The first kappa shape index (κ1) is 13.6. The summed E-state index contributed by atoms with van der Waals surface area (Å²) in [5.74, 6) is 0. The summed E-state index contributed by atoms with van der Waals surface area (Å²) in [5, 5.41) is 23.1. The average Bonchev–Trinajstić information content (AvgIpc) is 2.32. The van der Waals surface area contributed by atoms with Gasteiger partial charge in [0.1, 0.15) is 6.10 Å². The highest BCUT2D eigenvalue weighted by molar-refractivity contribution is 6.33. The van der Waals surface area contributed by atoms with Crippen molar-refractivity contribution in [3.63, 3.8) is 0 Å². The van der Waals surface area contributed by atoms with Crippen molar-refractivity contribution in [2.75, 3.05) is 12.3 Å². The normalized spacial score (nSPS) is 13.8. The Morgan fingerprint density at radius 2 is 2.18 bits per heavy atom. The Morgan fingerprint density at radius 1 is 1.47 bits per heavy atom. The van der Waals surface area contributed by atoms with Crippen LogP contribution in [0.5, 0.6) is 0 Å². The van der Waals surface area contributed by atoms with E-state index in [4.69, 9.17) is 22.9 Å². The van der Waals surface area contributed by atoms with Gasteiger partial charge in [0.25, 0.3) is 0 Å². The number of benzene rings is 1. The Morgan fingerprint density at radius 3 is 2.76 bits per heavy atom. The van der Waals surface area contributed by atoms with Crippen molar-refractivity contribution in [1.82, 2.24) is 0 Å². The lowest BCUT2D eigenvalue weighted by Gasteiger charge is -2.17. The largest absolute Gasteiger partial charge is 0.398 e. The second-order valence-corrected chi connectivity index (χ2v) is 3.94. The summed E-state index contributed by atoms with van der Waals surface area (Å²) in [4.78, 5) is 2.56. The molecule has 1 rings (SSSR count). The second-order valence-electron chi connectivity index (χ2n) is 3.54. The number of aliphatic hydroxyl groups is 2. The lowest BCUT2D eigenvalue weighted by Crippen LogP contribution is -2.19. The van der Waals surface area contributed by atoms with E-state index in [-0.39, 0.29) is 13.0 Å². The van der Waals surface area contributed by atoms with Crippen LogP contribution in [0.3, 0.4) is 0 Å². The molecule has 0 aromatic heterocycles. The highest BCUT2D eigenvalue weighted by Gasteiger charge is 2.18. The number of halogens is 1. The van der Waals surface area contributed by atoms with Gasteiger partial charge in [0.2, 0.25) is 0 Å². The zero-order chi connectivity index (χ0) is 12.8. The summed E-state index contributed by atoms with van der Waals surface area (Å²) in [5.41, 5.74) is 14.5. The van der Waals surface area contributed by atoms with E-state index in [1.54, 1.807) is 12.1 Å². The van der Waals surface area contributed by atoms with E-state index < -0.39 is 12.2 Å². The zero-order valence-electron chi connectivity index (χ0n) is 8.99. The lowest BCUT2D eigenvalue weighted by molar-refractivity contribution is 0.0150. The summed E-state index contributed by atoms with van der Waals surface area (Å²) in [6, 6.07) is 4.64. The van der Waals surface area contributed by atoms with E-state index in [0.717, 1.165) is 0 Å². The fraction of sp³-hybridized carbons (Fsp3) is 0.400. The predicted octanol–water partition coefficient (Wildman–Crippen LogP) is 2.02. The number of nitrogen functional groups attached to an aromatic ring is 1. The third-order valence-electron chi connectivity index (χ3n) is 2.32. The van der Waals surface area contributed by atoms with E-state index in [2.05, 4.69) is 10.0 Å². The third-order valence-corrected chi connectivity index (χ3v) is 2.65. The molecule has 0 aliphatic rings. The monoisotopic (exact) mass is 256 g/mol. The molecule has 0 bridgehead atoms. The van der Waals surface area contributed by atoms with Crippen LogP contribution >= 0.6 is 11.6 Å². The van der Waals surface area contributed by atoms with Crippen molar-refractivity contribution >= 4 is 17.3 Å². The fourth-order valence-corrected chi connectivity index (χ4v) is 1.53. The summed E-state index contributed by atoms with van der Waals surface area (Å²) in [6.45, 7) is 0.122. The van der Waals surface area contributed by atoms with Gasteiger partial charge in [-0.2, -0.15) is 0 Å². The van der Waals surface area contributed by atoms with Crippen molar-refractivity contribution < 1.29 is 10.2 Å². The van der Waals surface area contributed by atoms with Gasteiger partial charge in [-0.3, -0.25) is 0 Å². The molecule has 1 aromatic rings. The summed E-state index contributed by atoms with van der Waals surface area (Å²) in [7, 11) is 0. The van der Waals surface area contributed by atoms with Crippen molar-refractivity contribution in [3.8, 4) is 0 Å². The number of nitrogens with zero attached hydrogens (tertiary/aromatic N) is 3. The van der Waals surface area contributed by atoms with Gasteiger partial charge < -0.3 is 15.9 Å². The molecule has 7 heteroatoms. The quantitative estimate of drug-likeness (QED) is 0.324. The van der Waals surface area contributed by atoms with Crippen LogP contribution in [0.2, 0.25) is 5.02 Å². The van der Waals surface area contributed by atoms with Crippen molar-refractivity contribution in [2.24, 2.45) is 5.11 Å². The number of azide groups is 1. The summed E-state index contributed by atoms with van der Waals surface area (Å²) >= 11 is 5.81. The van der Waals surface area contributed by atoms with Gasteiger partial charge in [-0.05, 0) is 29.6 Å². The second kappa shape index (κ2) is 6.32. The summed E-state index contributed by atoms with van der Waals surface area (Å²) < 4.78 is 0. The van der Waals surface area contributed by atoms with Crippen molar-refractivity contribution in [3.05, 3.63) is 39.2 Å². The van der Waals surface area contributed by atoms with E-state index in [1.807, 2.05) is 0 Å². The average molecular weight is 257 g/mol. The van der Waals surface area contributed by atoms with Crippen molar-refractivity contribution in [1.29, 1.82) is 0 Å². The lowest BCUT2D eigenvalue weighted by atomic mass is 10.0. The number of hydrogen-bond donors (Lipinski definition) is 3. The first-order valence-corrected chi connectivity index (χ1v) is 5.36. The maximum Gasteiger partial charge on any atom is 0.105 e. The molecule has 2 atom stereocenters. The molecule has 1 aromatic carbocycles. The molecule has 2 unspecified atom stereocenters. The molecule has 0 fully saturated rings. The van der Waals surface area contributed by atoms with Gasteiger partial charge in [0, 0.05) is 11.5 Å². The maximum absolute atomic E-state index is 9.82. The van der Waals surface area contributed by atoms with Gasteiger partial charge >= 0.3 is 0 Å². The number of nitrogens with two attached hydrogens (primary N) is 1. The fourth-order valence-electron chi connectivity index (χ4n) is 1.34. The molecule has 0 amide bonds. The first-order valence-electron chi connectivity index (χ1n) is 4.98. The van der Waals surface area contributed by atoms with E-state index in [0.29, 0.717) is 16.3 Å². The molecule has 0 radical (unpaired) electrons. The molecule has 0 aliphatic heterocycles. The molecule has 4 N–H and O–H groups in total. The van der Waals surface area contributed by atoms with Crippen LogP contribution in [0.15, 0.2) is 23.3 Å². The molecule has 0 spiro atoms. The molecule has 0 heterocycles. The van der Waals surface area contributed by atoms with E-state index in [1.165, 1.54) is 6.07 Å². The van der Waals surface area contributed by atoms with Gasteiger partial charge in [0.15, 0.2) is 0 Å². The first-order chi connectivity index (χ1) is 8.06. The standard InChI is InChI=1S/C10H13ClN4O2/c11-7-5-6(1-2-8(7)12)10(17)9(16)3-4-14-15-13/h1-2,5,9-10,16-17H,3-4,12H2. The van der Waals surface area contributed by atoms with Crippen LogP contribution in [-0.2, 0) is 0 Å². The van der Waals surface area contributed by atoms with Gasteiger partial charge in [-0.25, -0.2) is 0 Å². The van der Waals surface area contributed by atoms with E-state index in [9.17, 15) is 10.2 Å². The highest BCUT2D eigenvalue weighted by atomic mass is 35.5. The molecular weight excluding hydrogens is 244 g/mol. The molecule has 0 aliphatic carbocycles. The Bertz CT molecular complexity index is 434. The third kappa shape index (κ3) is 3.80. The topological polar surface area (TPSA) is 115 Å².